The van der Waals surface area contributed by atoms with E-state index >= 15 is 0 Å². The first-order chi connectivity index (χ1) is 14.6. The molecule has 0 aromatic rings. The molecule has 0 heterocycles. The van der Waals surface area contributed by atoms with Crippen LogP contribution < -0.4 is 0 Å². The van der Waals surface area contributed by atoms with E-state index in [2.05, 4.69) is 51.3 Å². The van der Waals surface area contributed by atoms with Gasteiger partial charge in [0.2, 0.25) is 0 Å². The van der Waals surface area contributed by atoms with Crippen molar-refractivity contribution in [1.29, 1.82) is 0 Å². The van der Waals surface area contributed by atoms with E-state index in [1.165, 1.54) is 11.1 Å². The van der Waals surface area contributed by atoms with Gasteiger partial charge in [-0.2, -0.15) is 0 Å². The lowest BCUT2D eigenvalue weighted by Crippen LogP contribution is -1.87. The molecule has 0 heteroatoms. The van der Waals surface area contributed by atoms with Crippen LogP contribution in [-0.2, 0) is 0 Å². The standard InChI is InChI=1S/C13H18.C4H6.C3H4.5C2H6/c1-5-9-12(8-4)13(10-6-2)11-7-3;1-3-4-2;1-3-2;5*1-2/h5-8,10H,1-3,9,11H2,4H3;3-4H,1-2H2;1H,2H3;5*1-2H3/b12-8+,13-10+;;;;;;;. The molecule has 0 aliphatic carbocycles. The van der Waals surface area contributed by atoms with Crippen LogP contribution in [0.3, 0.4) is 0 Å². The minimum absolute atomic E-state index is 0.888. The Morgan fingerprint density at radius 1 is 0.633 bits per heavy atom. The van der Waals surface area contributed by atoms with Crippen molar-refractivity contribution in [3.8, 4) is 12.3 Å². The van der Waals surface area contributed by atoms with E-state index in [0.29, 0.717) is 0 Å². The summed E-state index contributed by atoms with van der Waals surface area (Å²) >= 11 is 0. The van der Waals surface area contributed by atoms with Gasteiger partial charge in [0.1, 0.15) is 0 Å². The molecule has 0 aliphatic heterocycles. The summed E-state index contributed by atoms with van der Waals surface area (Å²) in [5.74, 6) is 2.25. The zero-order valence-corrected chi connectivity index (χ0v) is 23.1. The molecular formula is C30H58. The van der Waals surface area contributed by atoms with E-state index in [-0.39, 0.29) is 0 Å². The first-order valence-corrected chi connectivity index (χ1v) is 11.4. The van der Waals surface area contributed by atoms with E-state index in [0.717, 1.165) is 12.8 Å². The summed E-state index contributed by atoms with van der Waals surface area (Å²) in [4.78, 5) is 0. The Hall–Kier alpha value is -2.26. The maximum atomic E-state index is 4.60. The summed E-state index contributed by atoms with van der Waals surface area (Å²) in [5.41, 5.74) is 2.57. The second-order valence-corrected chi connectivity index (χ2v) is 3.49. The quantitative estimate of drug-likeness (QED) is 0.219. The molecule has 178 valence electrons. The van der Waals surface area contributed by atoms with Crippen molar-refractivity contribution in [2.45, 2.75) is 95.9 Å². The summed E-state index contributed by atoms with van der Waals surface area (Å²) in [6.45, 7) is 41.6. The van der Waals surface area contributed by atoms with Crippen molar-refractivity contribution in [3.63, 3.8) is 0 Å². The van der Waals surface area contributed by atoms with Crippen LogP contribution in [0, 0.1) is 12.3 Å². The van der Waals surface area contributed by atoms with Crippen LogP contribution in [0.2, 0.25) is 0 Å². The fourth-order valence-corrected chi connectivity index (χ4v) is 1.19. The van der Waals surface area contributed by atoms with E-state index < -0.39 is 0 Å². The molecule has 0 spiro atoms. The summed E-state index contributed by atoms with van der Waals surface area (Å²) < 4.78 is 0. The van der Waals surface area contributed by atoms with Crippen LogP contribution >= 0.6 is 0 Å². The maximum absolute atomic E-state index is 4.60. The van der Waals surface area contributed by atoms with E-state index in [1.807, 2.05) is 100 Å². The van der Waals surface area contributed by atoms with Gasteiger partial charge in [0.15, 0.2) is 0 Å². The fourth-order valence-electron chi connectivity index (χ4n) is 1.19. The first kappa shape index (κ1) is 50.9. The molecule has 0 amide bonds. The highest BCUT2D eigenvalue weighted by Gasteiger charge is 1.98. The third-order valence-electron chi connectivity index (χ3n) is 1.98. The van der Waals surface area contributed by atoms with Gasteiger partial charge in [0, 0.05) is 0 Å². The Labute approximate surface area is 195 Å². The van der Waals surface area contributed by atoms with E-state index in [9.17, 15) is 0 Å². The average molecular weight is 419 g/mol. The predicted molar refractivity (Wildman–Crippen MR) is 153 cm³/mol. The topological polar surface area (TPSA) is 0 Å². The SMILES string of the molecule is C#CC.C=C/C=C(CC=C)/C(=C/C)CC=C.C=CC=C.CC.CC.CC.CC.CC. The van der Waals surface area contributed by atoms with E-state index in [1.54, 1.807) is 19.1 Å². The molecule has 0 saturated heterocycles. The van der Waals surface area contributed by atoms with Crippen molar-refractivity contribution in [2.24, 2.45) is 0 Å². The maximum Gasteiger partial charge on any atom is -0.00297 e. The highest BCUT2D eigenvalue weighted by molar-refractivity contribution is 5.35. The minimum Gasteiger partial charge on any atom is -0.120 e. The molecule has 0 nitrogen and oxygen atoms in total. The van der Waals surface area contributed by atoms with Crippen LogP contribution in [0.25, 0.3) is 0 Å². The number of terminal acetylenes is 1. The number of allylic oxidation sites excluding steroid dienone is 9. The molecule has 0 aromatic carbocycles. The van der Waals surface area contributed by atoms with Crippen LogP contribution in [0.4, 0.5) is 0 Å². The fraction of sp³-hybridized carbons (Fsp3) is 0.467. The molecule has 0 radical (unpaired) electrons. The summed E-state index contributed by atoms with van der Waals surface area (Å²) in [5, 5.41) is 0. The molecule has 0 unspecified atom stereocenters. The van der Waals surface area contributed by atoms with E-state index in [4.69, 9.17) is 0 Å². The highest BCUT2D eigenvalue weighted by atomic mass is 14.0. The van der Waals surface area contributed by atoms with Crippen molar-refractivity contribution >= 4 is 0 Å². The van der Waals surface area contributed by atoms with Gasteiger partial charge in [-0.1, -0.05) is 132 Å². The molecule has 0 bridgehead atoms. The number of rotatable bonds is 7. The zero-order chi connectivity index (χ0) is 26.2. The van der Waals surface area contributed by atoms with Gasteiger partial charge < -0.3 is 0 Å². The number of hydrogen-bond acceptors (Lipinski definition) is 0. The van der Waals surface area contributed by atoms with Crippen LogP contribution in [0.15, 0.2) is 86.6 Å². The van der Waals surface area contributed by atoms with Crippen molar-refractivity contribution in [3.05, 3.63) is 86.6 Å². The van der Waals surface area contributed by atoms with Crippen LogP contribution in [-0.4, -0.2) is 0 Å². The highest BCUT2D eigenvalue weighted by Crippen LogP contribution is 2.18. The van der Waals surface area contributed by atoms with Crippen molar-refractivity contribution in [2.75, 3.05) is 0 Å². The Balaban J connectivity index is -0.0000000394. The monoisotopic (exact) mass is 418 g/mol. The second-order valence-electron chi connectivity index (χ2n) is 3.49. The predicted octanol–water partition coefficient (Wildman–Crippen LogP) is 11.3. The first-order valence-electron chi connectivity index (χ1n) is 11.4. The Morgan fingerprint density at radius 2 is 0.900 bits per heavy atom. The van der Waals surface area contributed by atoms with Gasteiger partial charge in [0.25, 0.3) is 0 Å². The molecule has 0 saturated carbocycles. The van der Waals surface area contributed by atoms with Gasteiger partial charge in [0.05, 0.1) is 0 Å². The third kappa shape index (κ3) is 83.5. The molecule has 0 aliphatic rings. The molecule has 0 rings (SSSR count). The van der Waals surface area contributed by atoms with Gasteiger partial charge >= 0.3 is 0 Å². The largest absolute Gasteiger partial charge is 0.120 e. The average Bonchev–Trinajstić information content (AvgIpc) is 2.84. The lowest BCUT2D eigenvalue weighted by Gasteiger charge is -2.06. The normalized spacial score (nSPS) is 7.30. The smallest absolute Gasteiger partial charge is 0.00297 e. The lowest BCUT2D eigenvalue weighted by atomic mass is 9.99. The zero-order valence-electron chi connectivity index (χ0n) is 23.1. The van der Waals surface area contributed by atoms with Crippen molar-refractivity contribution in [1.82, 2.24) is 0 Å². The summed E-state index contributed by atoms with van der Waals surface area (Å²) in [6, 6.07) is 0. The molecular weight excluding hydrogens is 360 g/mol. The third-order valence-corrected chi connectivity index (χ3v) is 1.98. The Bertz CT molecular complexity index is 375. The molecule has 0 N–H and O–H groups in total. The molecule has 30 heavy (non-hydrogen) atoms. The summed E-state index contributed by atoms with van der Waals surface area (Å²) in [7, 11) is 0. The number of hydrogen-bond donors (Lipinski definition) is 0. The van der Waals surface area contributed by atoms with Gasteiger partial charge in [-0.25, -0.2) is 0 Å². The lowest BCUT2D eigenvalue weighted by molar-refractivity contribution is 1.13. The molecule has 0 atom stereocenters. The molecule has 0 fully saturated rings. The van der Waals surface area contributed by atoms with Gasteiger partial charge in [-0.15, -0.1) is 25.5 Å². The van der Waals surface area contributed by atoms with Crippen molar-refractivity contribution < 1.29 is 0 Å². The Kier molecular flexibility index (Phi) is 159. The van der Waals surface area contributed by atoms with Gasteiger partial charge in [-0.3, -0.25) is 0 Å². The second kappa shape index (κ2) is 93.8. The van der Waals surface area contributed by atoms with Crippen LogP contribution in [0.5, 0.6) is 0 Å². The summed E-state index contributed by atoms with van der Waals surface area (Å²) in [6.07, 6.45) is 19.4. The Morgan fingerprint density at radius 3 is 1.07 bits per heavy atom. The minimum atomic E-state index is 0.888. The molecule has 0 aromatic heterocycles. The van der Waals surface area contributed by atoms with Gasteiger partial charge in [-0.05, 0) is 37.8 Å². The van der Waals surface area contributed by atoms with Crippen LogP contribution in [0.1, 0.15) is 95.9 Å².